The molecule has 3 rings (SSSR count). The first-order valence-electron chi connectivity index (χ1n) is 9.79. The lowest BCUT2D eigenvalue weighted by Crippen LogP contribution is -2.19. The minimum absolute atomic E-state index is 0.324. The van der Waals surface area contributed by atoms with E-state index >= 15 is 0 Å². The van der Waals surface area contributed by atoms with E-state index in [-0.39, 0.29) is 5.97 Å². The molecular formula is C24H26ClNO2. The number of benzene rings is 2. The first kappa shape index (κ1) is 20.4. The molecule has 1 saturated heterocycles. The molecule has 146 valence electrons. The lowest BCUT2D eigenvalue weighted by atomic mass is 9.96. The summed E-state index contributed by atoms with van der Waals surface area (Å²) in [5, 5.41) is 0.730. The molecule has 2 aromatic carbocycles. The average Bonchev–Trinajstić information content (AvgIpc) is 3.22. The zero-order valence-corrected chi connectivity index (χ0v) is 17.0. The maximum atomic E-state index is 11.6. The average molecular weight is 396 g/mol. The van der Waals surface area contributed by atoms with Gasteiger partial charge in [0, 0.05) is 17.6 Å². The van der Waals surface area contributed by atoms with Crippen molar-refractivity contribution in [2.24, 2.45) is 0 Å². The molecule has 1 heterocycles. The Morgan fingerprint density at radius 1 is 1.11 bits per heavy atom. The fourth-order valence-corrected chi connectivity index (χ4v) is 3.51. The van der Waals surface area contributed by atoms with Crippen LogP contribution in [0.1, 0.15) is 36.5 Å². The van der Waals surface area contributed by atoms with E-state index in [1.54, 1.807) is 13.0 Å². The summed E-state index contributed by atoms with van der Waals surface area (Å²) in [6.45, 7) is 5.43. The van der Waals surface area contributed by atoms with Gasteiger partial charge in [0.1, 0.15) is 0 Å². The Morgan fingerprint density at radius 2 is 1.86 bits per heavy atom. The van der Waals surface area contributed by atoms with Crippen molar-refractivity contribution in [1.82, 2.24) is 4.90 Å². The number of esters is 1. The summed E-state index contributed by atoms with van der Waals surface area (Å²) in [6, 6.07) is 16.2. The highest BCUT2D eigenvalue weighted by Gasteiger charge is 2.12. The Morgan fingerprint density at radius 3 is 2.57 bits per heavy atom. The van der Waals surface area contributed by atoms with Crippen LogP contribution in [-0.2, 0) is 9.53 Å². The largest absolute Gasteiger partial charge is 0.463 e. The van der Waals surface area contributed by atoms with E-state index in [2.05, 4.69) is 35.2 Å². The van der Waals surface area contributed by atoms with Crippen LogP contribution in [0.4, 0.5) is 0 Å². The molecule has 28 heavy (non-hydrogen) atoms. The molecule has 4 heteroatoms. The summed E-state index contributed by atoms with van der Waals surface area (Å²) in [4.78, 5) is 14.1. The minimum atomic E-state index is -0.324. The van der Waals surface area contributed by atoms with Crippen molar-refractivity contribution in [3.63, 3.8) is 0 Å². The third-order valence-corrected chi connectivity index (χ3v) is 5.06. The van der Waals surface area contributed by atoms with Crippen molar-refractivity contribution in [3.8, 4) is 0 Å². The highest BCUT2D eigenvalue weighted by atomic mass is 35.5. The smallest absolute Gasteiger partial charge is 0.330 e. The van der Waals surface area contributed by atoms with Crippen LogP contribution in [0.5, 0.6) is 0 Å². The van der Waals surface area contributed by atoms with Crippen molar-refractivity contribution in [2.45, 2.75) is 19.8 Å². The predicted molar refractivity (Wildman–Crippen MR) is 116 cm³/mol. The van der Waals surface area contributed by atoms with Gasteiger partial charge < -0.3 is 4.74 Å². The van der Waals surface area contributed by atoms with Gasteiger partial charge in [-0.15, -0.1) is 0 Å². The number of halogens is 1. The molecule has 0 atom stereocenters. The normalized spacial score (nSPS) is 15.3. The molecule has 0 aliphatic carbocycles. The van der Waals surface area contributed by atoms with E-state index in [1.165, 1.54) is 24.5 Å². The number of ether oxygens (including phenoxy) is 1. The molecule has 0 bridgehead atoms. The zero-order valence-electron chi connectivity index (χ0n) is 16.2. The number of hydrogen-bond acceptors (Lipinski definition) is 3. The van der Waals surface area contributed by atoms with Crippen LogP contribution in [0.15, 0.2) is 60.7 Å². The number of likely N-dealkylation sites (tertiary alicyclic amines) is 1. The Balaban J connectivity index is 1.88. The van der Waals surface area contributed by atoms with E-state index in [0.29, 0.717) is 6.61 Å². The molecule has 3 nitrogen and oxygen atoms in total. The van der Waals surface area contributed by atoms with Gasteiger partial charge in [-0.2, -0.15) is 0 Å². The van der Waals surface area contributed by atoms with Gasteiger partial charge in [0.2, 0.25) is 0 Å². The van der Waals surface area contributed by atoms with Crippen LogP contribution < -0.4 is 0 Å². The Kier molecular flexibility index (Phi) is 7.46. The number of hydrogen-bond donors (Lipinski definition) is 0. The summed E-state index contributed by atoms with van der Waals surface area (Å²) < 4.78 is 4.96. The molecule has 0 spiro atoms. The van der Waals surface area contributed by atoms with E-state index in [0.717, 1.165) is 41.3 Å². The summed E-state index contributed by atoms with van der Waals surface area (Å²) in [5.41, 5.74) is 4.39. The van der Waals surface area contributed by atoms with E-state index in [1.807, 2.05) is 24.3 Å². The Labute approximate surface area is 172 Å². The molecule has 0 aromatic heterocycles. The molecule has 1 fully saturated rings. The van der Waals surface area contributed by atoms with Gasteiger partial charge in [0.25, 0.3) is 0 Å². The Bertz CT molecular complexity index is 849. The predicted octanol–water partition coefficient (Wildman–Crippen LogP) is 5.44. The van der Waals surface area contributed by atoms with Gasteiger partial charge in [-0.1, -0.05) is 48.0 Å². The molecule has 0 amide bonds. The molecule has 0 N–H and O–H groups in total. The highest BCUT2D eigenvalue weighted by molar-refractivity contribution is 6.30. The number of nitrogens with zero attached hydrogens (tertiary/aromatic N) is 1. The molecule has 1 aliphatic rings. The monoisotopic (exact) mass is 395 g/mol. The zero-order chi connectivity index (χ0) is 19.8. The van der Waals surface area contributed by atoms with Crippen molar-refractivity contribution < 1.29 is 9.53 Å². The van der Waals surface area contributed by atoms with E-state index < -0.39 is 0 Å². The van der Waals surface area contributed by atoms with Crippen LogP contribution in [0, 0.1) is 0 Å². The first-order chi connectivity index (χ1) is 13.7. The maximum absolute atomic E-state index is 11.6. The van der Waals surface area contributed by atoms with Gasteiger partial charge in [-0.25, -0.2) is 4.79 Å². The van der Waals surface area contributed by atoms with Gasteiger partial charge in [0.05, 0.1) is 6.61 Å². The van der Waals surface area contributed by atoms with Crippen LogP contribution in [0.2, 0.25) is 5.02 Å². The fourth-order valence-electron chi connectivity index (χ4n) is 3.38. The second-order valence-corrected chi connectivity index (χ2v) is 7.28. The van der Waals surface area contributed by atoms with E-state index in [4.69, 9.17) is 16.3 Å². The van der Waals surface area contributed by atoms with Gasteiger partial charge in [-0.3, -0.25) is 4.90 Å². The van der Waals surface area contributed by atoms with Crippen molar-refractivity contribution in [2.75, 3.05) is 26.2 Å². The third-order valence-electron chi connectivity index (χ3n) is 4.80. The topological polar surface area (TPSA) is 29.5 Å². The second-order valence-electron chi connectivity index (χ2n) is 6.84. The van der Waals surface area contributed by atoms with Crippen LogP contribution in [-0.4, -0.2) is 37.1 Å². The lowest BCUT2D eigenvalue weighted by Gasteiger charge is -2.15. The molecular weight excluding hydrogens is 370 g/mol. The van der Waals surface area contributed by atoms with Gasteiger partial charge >= 0.3 is 5.97 Å². The third kappa shape index (κ3) is 5.82. The highest BCUT2D eigenvalue weighted by Crippen LogP contribution is 2.26. The first-order valence-corrected chi connectivity index (χ1v) is 10.2. The summed E-state index contributed by atoms with van der Waals surface area (Å²) in [7, 11) is 0. The van der Waals surface area contributed by atoms with Crippen molar-refractivity contribution in [1.29, 1.82) is 0 Å². The molecule has 1 aliphatic heterocycles. The Hall–Kier alpha value is -2.36. The van der Waals surface area contributed by atoms with Crippen molar-refractivity contribution >= 4 is 29.2 Å². The standard InChI is InChI=1S/C24H26ClNO2/c1-2-28-24(27)13-8-19-6-5-7-21(18-19)23(14-17-26-15-3-4-16-26)20-9-11-22(25)12-10-20/h5-14,18H,2-4,15-17H2,1H3/b13-8+,23-14-. The van der Waals surface area contributed by atoms with Crippen LogP contribution in [0.25, 0.3) is 11.6 Å². The summed E-state index contributed by atoms with van der Waals surface area (Å²) >= 11 is 6.08. The van der Waals surface area contributed by atoms with Gasteiger partial charge in [-0.05, 0) is 79.4 Å². The van der Waals surface area contributed by atoms with Crippen LogP contribution in [0.3, 0.4) is 0 Å². The number of carbonyl (C=O) groups excluding carboxylic acids is 1. The second kappa shape index (κ2) is 10.3. The quantitative estimate of drug-likeness (QED) is 0.461. The number of rotatable bonds is 7. The van der Waals surface area contributed by atoms with Gasteiger partial charge in [0.15, 0.2) is 0 Å². The minimum Gasteiger partial charge on any atom is -0.463 e. The number of carbonyl (C=O) groups is 1. The van der Waals surface area contributed by atoms with Crippen molar-refractivity contribution in [3.05, 3.63) is 82.4 Å². The summed E-state index contributed by atoms with van der Waals surface area (Å²) in [6.07, 6.45) is 8.11. The molecule has 2 aromatic rings. The SMILES string of the molecule is CCOC(=O)/C=C/c1cccc(/C(=C\CN2CCCC2)c2ccc(Cl)cc2)c1. The lowest BCUT2D eigenvalue weighted by molar-refractivity contribution is -0.137. The maximum Gasteiger partial charge on any atom is 0.330 e. The fraction of sp³-hybridized carbons (Fsp3) is 0.292. The molecule has 0 radical (unpaired) electrons. The van der Waals surface area contributed by atoms with E-state index in [9.17, 15) is 4.79 Å². The molecule has 0 saturated carbocycles. The summed E-state index contributed by atoms with van der Waals surface area (Å²) in [5.74, 6) is -0.324. The molecule has 0 unspecified atom stereocenters. The van der Waals surface area contributed by atoms with Crippen LogP contribution >= 0.6 is 11.6 Å².